The molecular formula is C10H11ClN4. The number of nitrogens with zero attached hydrogens (tertiary/aromatic N) is 3. The van der Waals surface area contributed by atoms with Crippen molar-refractivity contribution in [3.63, 3.8) is 0 Å². The van der Waals surface area contributed by atoms with Gasteiger partial charge in [-0.1, -0.05) is 24.3 Å². The summed E-state index contributed by atoms with van der Waals surface area (Å²) in [5.41, 5.74) is 8.18. The molecule has 0 bridgehead atoms. The predicted molar refractivity (Wildman–Crippen MR) is 62.7 cm³/mol. The Labute approximate surface area is 92.4 Å². The van der Waals surface area contributed by atoms with Crippen LogP contribution in [0.5, 0.6) is 0 Å². The molecule has 15 heavy (non-hydrogen) atoms. The fraction of sp³-hybridized carbons (Fsp3) is 0.200. The smallest absolute Gasteiger partial charge is 0.172 e. The molecule has 5 heteroatoms. The average Bonchev–Trinajstić information content (AvgIpc) is 2.55. The molecule has 0 fully saturated rings. The summed E-state index contributed by atoms with van der Waals surface area (Å²) in [4.78, 5) is 4.16. The molecule has 0 saturated carbocycles. The molecular weight excluding hydrogens is 212 g/mol. The van der Waals surface area contributed by atoms with Gasteiger partial charge in [-0.3, -0.25) is 4.68 Å². The van der Waals surface area contributed by atoms with Crippen LogP contribution in [-0.2, 0) is 6.54 Å². The van der Waals surface area contributed by atoms with E-state index in [1.54, 1.807) is 16.8 Å². The van der Waals surface area contributed by atoms with Crippen molar-refractivity contribution in [1.29, 1.82) is 0 Å². The second-order valence-electron chi connectivity index (χ2n) is 3.14. The van der Waals surface area contributed by atoms with Crippen LogP contribution < -0.4 is 5.73 Å². The van der Waals surface area contributed by atoms with Gasteiger partial charge in [-0.15, -0.1) is 0 Å². The Morgan fingerprint density at radius 3 is 3.00 bits per heavy atom. The van der Waals surface area contributed by atoms with Crippen molar-refractivity contribution in [2.24, 2.45) is 0 Å². The summed E-state index contributed by atoms with van der Waals surface area (Å²) in [7, 11) is 0. The molecule has 0 aliphatic carbocycles. The van der Waals surface area contributed by atoms with Crippen molar-refractivity contribution in [2.45, 2.75) is 13.5 Å². The zero-order valence-electron chi connectivity index (χ0n) is 8.37. The third kappa shape index (κ3) is 1.47. The Hall–Kier alpha value is -1.55. The Morgan fingerprint density at radius 1 is 1.67 bits per heavy atom. The zero-order valence-corrected chi connectivity index (χ0v) is 9.12. The third-order valence-corrected chi connectivity index (χ3v) is 2.43. The summed E-state index contributed by atoms with van der Waals surface area (Å²) in [6, 6.07) is 1.75. The lowest BCUT2D eigenvalue weighted by molar-refractivity contribution is 0.687. The van der Waals surface area contributed by atoms with Crippen LogP contribution in [0.2, 0.25) is 5.15 Å². The molecule has 78 valence electrons. The molecule has 0 aliphatic rings. The van der Waals surface area contributed by atoms with Crippen LogP contribution in [-0.4, -0.2) is 14.8 Å². The molecule has 0 spiro atoms. The van der Waals surface area contributed by atoms with Crippen molar-refractivity contribution >= 4 is 34.5 Å². The Kier molecular flexibility index (Phi) is 2.36. The number of pyridine rings is 1. The van der Waals surface area contributed by atoms with Crippen LogP contribution >= 0.6 is 11.6 Å². The number of nitrogen functional groups attached to an aromatic ring is 1. The lowest BCUT2D eigenvalue weighted by atomic mass is 10.2. The summed E-state index contributed by atoms with van der Waals surface area (Å²) < 4.78 is 1.80. The van der Waals surface area contributed by atoms with Gasteiger partial charge >= 0.3 is 0 Å². The van der Waals surface area contributed by atoms with Gasteiger partial charge in [0.1, 0.15) is 10.7 Å². The van der Waals surface area contributed by atoms with Gasteiger partial charge < -0.3 is 5.73 Å². The molecule has 2 aromatic heterocycles. The van der Waals surface area contributed by atoms with Crippen LogP contribution in [0, 0.1) is 0 Å². The van der Waals surface area contributed by atoms with E-state index in [2.05, 4.69) is 16.7 Å². The summed E-state index contributed by atoms with van der Waals surface area (Å²) in [5.74, 6) is 0.400. The SMILES string of the molecule is C=Cc1cc(Cl)nc2c(N)nn(CC)c12. The molecule has 4 nitrogen and oxygen atoms in total. The van der Waals surface area contributed by atoms with Gasteiger partial charge in [0.15, 0.2) is 5.82 Å². The molecule has 0 aliphatic heterocycles. The minimum atomic E-state index is 0.400. The van der Waals surface area contributed by atoms with E-state index in [-0.39, 0.29) is 0 Å². The van der Waals surface area contributed by atoms with E-state index in [0.29, 0.717) is 16.5 Å². The van der Waals surface area contributed by atoms with E-state index >= 15 is 0 Å². The third-order valence-electron chi connectivity index (χ3n) is 2.24. The molecule has 0 radical (unpaired) electrons. The maximum Gasteiger partial charge on any atom is 0.172 e. The number of rotatable bonds is 2. The first-order valence-electron chi connectivity index (χ1n) is 4.62. The van der Waals surface area contributed by atoms with Crippen LogP contribution in [0.25, 0.3) is 17.1 Å². The quantitative estimate of drug-likeness (QED) is 0.794. The number of fused-ring (bicyclic) bond motifs is 1. The van der Waals surface area contributed by atoms with Crippen molar-refractivity contribution < 1.29 is 0 Å². The summed E-state index contributed by atoms with van der Waals surface area (Å²) in [6.45, 7) is 6.47. The van der Waals surface area contributed by atoms with E-state index in [1.165, 1.54) is 0 Å². The molecule has 0 saturated heterocycles. The minimum Gasteiger partial charge on any atom is -0.380 e. The number of aryl methyl sites for hydroxylation is 1. The molecule has 0 amide bonds. The normalized spacial score (nSPS) is 10.8. The number of halogens is 1. The highest BCUT2D eigenvalue weighted by molar-refractivity contribution is 6.30. The highest BCUT2D eigenvalue weighted by Crippen LogP contribution is 2.25. The number of aromatic nitrogens is 3. The number of nitrogens with two attached hydrogens (primary N) is 1. The average molecular weight is 223 g/mol. The highest BCUT2D eigenvalue weighted by Gasteiger charge is 2.12. The van der Waals surface area contributed by atoms with Crippen LogP contribution in [0.15, 0.2) is 12.6 Å². The van der Waals surface area contributed by atoms with E-state index in [1.807, 2.05) is 6.92 Å². The van der Waals surface area contributed by atoms with Crippen molar-refractivity contribution in [3.8, 4) is 0 Å². The maximum absolute atomic E-state index is 5.88. The van der Waals surface area contributed by atoms with Gasteiger partial charge in [0.2, 0.25) is 0 Å². The predicted octanol–water partition coefficient (Wildman–Crippen LogP) is 2.33. The minimum absolute atomic E-state index is 0.400. The lowest BCUT2D eigenvalue weighted by Gasteiger charge is -2.02. The summed E-state index contributed by atoms with van der Waals surface area (Å²) in [5, 5.41) is 4.59. The van der Waals surface area contributed by atoms with Crippen molar-refractivity contribution in [2.75, 3.05) is 5.73 Å². The second-order valence-corrected chi connectivity index (χ2v) is 3.52. The Balaban J connectivity index is 2.92. The Morgan fingerprint density at radius 2 is 2.40 bits per heavy atom. The maximum atomic E-state index is 5.88. The largest absolute Gasteiger partial charge is 0.380 e. The molecule has 2 rings (SSSR count). The summed E-state index contributed by atoms with van der Waals surface area (Å²) >= 11 is 5.88. The molecule has 2 aromatic rings. The fourth-order valence-electron chi connectivity index (χ4n) is 1.59. The number of hydrogen-bond donors (Lipinski definition) is 1. The van der Waals surface area contributed by atoms with E-state index in [9.17, 15) is 0 Å². The first-order chi connectivity index (χ1) is 7.17. The Bertz CT molecular complexity index is 530. The summed E-state index contributed by atoms with van der Waals surface area (Å²) in [6.07, 6.45) is 1.73. The van der Waals surface area contributed by atoms with Crippen LogP contribution in [0.1, 0.15) is 12.5 Å². The van der Waals surface area contributed by atoms with Gasteiger partial charge in [0.05, 0.1) is 5.52 Å². The zero-order chi connectivity index (χ0) is 11.0. The first kappa shape index (κ1) is 9.98. The van der Waals surface area contributed by atoms with Crippen LogP contribution in [0.3, 0.4) is 0 Å². The van der Waals surface area contributed by atoms with Crippen LogP contribution in [0.4, 0.5) is 5.82 Å². The monoisotopic (exact) mass is 222 g/mol. The van der Waals surface area contributed by atoms with Crippen molar-refractivity contribution in [3.05, 3.63) is 23.4 Å². The van der Waals surface area contributed by atoms with Gasteiger partial charge in [-0.25, -0.2) is 4.98 Å². The number of hydrogen-bond acceptors (Lipinski definition) is 3. The molecule has 2 heterocycles. The highest BCUT2D eigenvalue weighted by atomic mass is 35.5. The van der Waals surface area contributed by atoms with E-state index in [4.69, 9.17) is 17.3 Å². The molecule has 2 N–H and O–H groups in total. The van der Waals surface area contributed by atoms with E-state index in [0.717, 1.165) is 17.6 Å². The fourth-order valence-corrected chi connectivity index (χ4v) is 1.79. The van der Waals surface area contributed by atoms with Gasteiger partial charge in [-0.2, -0.15) is 5.10 Å². The standard InChI is InChI=1S/C10H11ClN4/c1-3-6-5-7(11)13-8-9(6)15(4-2)14-10(8)12/h3,5H,1,4H2,2H3,(H2,12,14). The molecule has 0 atom stereocenters. The van der Waals surface area contributed by atoms with Crippen molar-refractivity contribution in [1.82, 2.24) is 14.8 Å². The molecule has 0 unspecified atom stereocenters. The number of anilines is 1. The first-order valence-corrected chi connectivity index (χ1v) is 5.00. The van der Waals surface area contributed by atoms with Gasteiger partial charge in [-0.05, 0) is 13.0 Å². The van der Waals surface area contributed by atoms with Gasteiger partial charge in [0, 0.05) is 12.1 Å². The van der Waals surface area contributed by atoms with Gasteiger partial charge in [0.25, 0.3) is 0 Å². The van der Waals surface area contributed by atoms with E-state index < -0.39 is 0 Å². The second kappa shape index (κ2) is 3.55. The molecule has 0 aromatic carbocycles. The topological polar surface area (TPSA) is 56.7 Å². The lowest BCUT2D eigenvalue weighted by Crippen LogP contribution is -1.98.